The van der Waals surface area contributed by atoms with Crippen molar-refractivity contribution >= 4 is 21.6 Å². The van der Waals surface area contributed by atoms with Crippen molar-refractivity contribution < 1.29 is 0 Å². The van der Waals surface area contributed by atoms with Crippen LogP contribution in [-0.4, -0.2) is 36.6 Å². The first kappa shape index (κ1) is 14.4. The number of aryl methyl sites for hydroxylation is 1. The fraction of sp³-hybridized carbons (Fsp3) is 0.647. The van der Waals surface area contributed by atoms with Gasteiger partial charge in [0.15, 0.2) is 0 Å². The van der Waals surface area contributed by atoms with Gasteiger partial charge in [-0.1, -0.05) is 25.5 Å². The monoisotopic (exact) mass is 336 g/mol. The lowest BCUT2D eigenvalue weighted by atomic mass is 9.95. The van der Waals surface area contributed by atoms with E-state index in [1.807, 2.05) is 0 Å². The highest BCUT2D eigenvalue weighted by Crippen LogP contribution is 2.35. The molecule has 3 heteroatoms. The summed E-state index contributed by atoms with van der Waals surface area (Å²) < 4.78 is 1.28. The van der Waals surface area contributed by atoms with Crippen LogP contribution in [0.4, 0.5) is 5.69 Å². The highest BCUT2D eigenvalue weighted by Gasteiger charge is 2.34. The molecule has 2 aliphatic heterocycles. The maximum atomic E-state index is 3.81. The van der Waals surface area contributed by atoms with E-state index in [-0.39, 0.29) is 0 Å². The molecule has 2 heterocycles. The first-order valence-electron chi connectivity index (χ1n) is 7.96. The second-order valence-corrected chi connectivity index (χ2v) is 7.06. The third-order valence-corrected chi connectivity index (χ3v) is 6.03. The summed E-state index contributed by atoms with van der Waals surface area (Å²) in [5, 5.41) is 0. The van der Waals surface area contributed by atoms with Crippen molar-refractivity contribution in [3.8, 4) is 0 Å². The molecule has 0 N–H and O–H groups in total. The van der Waals surface area contributed by atoms with Gasteiger partial charge in [-0.15, -0.1) is 0 Å². The van der Waals surface area contributed by atoms with E-state index in [1.54, 1.807) is 0 Å². The number of anilines is 1. The van der Waals surface area contributed by atoms with Gasteiger partial charge in [-0.05, 0) is 60.3 Å². The van der Waals surface area contributed by atoms with Gasteiger partial charge in [-0.2, -0.15) is 0 Å². The van der Waals surface area contributed by atoms with Gasteiger partial charge in [0.25, 0.3) is 0 Å². The second kappa shape index (κ2) is 6.07. The highest BCUT2D eigenvalue weighted by atomic mass is 79.9. The number of rotatable bonds is 2. The van der Waals surface area contributed by atoms with Crippen LogP contribution < -0.4 is 4.90 Å². The molecule has 2 fully saturated rings. The predicted molar refractivity (Wildman–Crippen MR) is 89.5 cm³/mol. The molecule has 1 aromatic carbocycles. The molecule has 2 unspecified atom stereocenters. The molecule has 2 atom stereocenters. The lowest BCUT2D eigenvalue weighted by Gasteiger charge is -2.49. The lowest BCUT2D eigenvalue weighted by Crippen LogP contribution is -2.59. The van der Waals surface area contributed by atoms with Gasteiger partial charge in [0.05, 0.1) is 5.69 Å². The Balaban J connectivity index is 1.88. The molecule has 0 aliphatic carbocycles. The number of piperidine rings is 1. The van der Waals surface area contributed by atoms with Crippen molar-refractivity contribution in [2.75, 3.05) is 24.5 Å². The molecule has 1 aromatic rings. The fourth-order valence-corrected chi connectivity index (χ4v) is 4.24. The van der Waals surface area contributed by atoms with Crippen LogP contribution in [0.3, 0.4) is 0 Å². The van der Waals surface area contributed by atoms with Crippen LogP contribution in [0.25, 0.3) is 0 Å². The number of nitrogens with zero attached hydrogens (tertiary/aromatic N) is 2. The quantitative estimate of drug-likeness (QED) is 0.798. The smallest absolute Gasteiger partial charge is 0.0516 e. The first-order chi connectivity index (χ1) is 9.70. The fourth-order valence-electron chi connectivity index (χ4n) is 3.75. The van der Waals surface area contributed by atoms with Gasteiger partial charge in [-0.25, -0.2) is 0 Å². The Labute approximate surface area is 131 Å². The van der Waals surface area contributed by atoms with Gasteiger partial charge >= 0.3 is 0 Å². The molecule has 3 rings (SSSR count). The van der Waals surface area contributed by atoms with Crippen LogP contribution in [0.15, 0.2) is 22.7 Å². The molecule has 2 nitrogen and oxygen atoms in total. The van der Waals surface area contributed by atoms with Crippen molar-refractivity contribution in [2.45, 2.75) is 51.6 Å². The van der Waals surface area contributed by atoms with Crippen LogP contribution in [0.2, 0.25) is 0 Å². The van der Waals surface area contributed by atoms with E-state index in [4.69, 9.17) is 0 Å². The summed E-state index contributed by atoms with van der Waals surface area (Å²) in [4.78, 5) is 5.39. The SMILES string of the molecule is CCC1CN2CCCCC2CN1c1cccc(C)c1Br. The van der Waals surface area contributed by atoms with Gasteiger partial charge in [0.2, 0.25) is 0 Å². The average molecular weight is 337 g/mol. The Morgan fingerprint density at radius 1 is 1.25 bits per heavy atom. The summed E-state index contributed by atoms with van der Waals surface area (Å²) in [6, 6.07) is 8.07. The van der Waals surface area contributed by atoms with E-state index < -0.39 is 0 Å². The van der Waals surface area contributed by atoms with Crippen molar-refractivity contribution in [1.29, 1.82) is 0 Å². The normalized spacial score (nSPS) is 27.4. The summed E-state index contributed by atoms with van der Waals surface area (Å²) in [6.45, 7) is 8.25. The van der Waals surface area contributed by atoms with Crippen LogP contribution >= 0.6 is 15.9 Å². The standard InChI is InChI=1S/C17H25BrN2/c1-3-14-11-19-10-5-4-8-15(19)12-20(14)16-9-6-7-13(2)17(16)18/h6-7,9,14-15H,3-5,8,10-12H2,1-2H3. The molecule has 0 saturated carbocycles. The topological polar surface area (TPSA) is 6.48 Å². The Bertz CT molecular complexity index is 474. The highest BCUT2D eigenvalue weighted by molar-refractivity contribution is 9.10. The molecular weight excluding hydrogens is 312 g/mol. The molecule has 110 valence electrons. The molecule has 20 heavy (non-hydrogen) atoms. The Morgan fingerprint density at radius 3 is 2.90 bits per heavy atom. The van der Waals surface area contributed by atoms with Gasteiger partial charge < -0.3 is 4.90 Å². The number of fused-ring (bicyclic) bond motifs is 1. The van der Waals surface area contributed by atoms with E-state index in [9.17, 15) is 0 Å². The molecule has 0 bridgehead atoms. The Morgan fingerprint density at radius 2 is 2.10 bits per heavy atom. The number of benzene rings is 1. The summed E-state index contributed by atoms with van der Waals surface area (Å²) in [6.07, 6.45) is 5.39. The maximum Gasteiger partial charge on any atom is 0.0516 e. The number of hydrogen-bond donors (Lipinski definition) is 0. The van der Waals surface area contributed by atoms with Gasteiger partial charge in [0, 0.05) is 29.6 Å². The van der Waals surface area contributed by atoms with Crippen molar-refractivity contribution in [3.63, 3.8) is 0 Å². The zero-order valence-electron chi connectivity index (χ0n) is 12.6. The zero-order valence-corrected chi connectivity index (χ0v) is 14.2. The number of hydrogen-bond acceptors (Lipinski definition) is 2. The lowest BCUT2D eigenvalue weighted by molar-refractivity contribution is 0.111. The molecule has 0 spiro atoms. The van der Waals surface area contributed by atoms with Crippen molar-refractivity contribution in [1.82, 2.24) is 4.90 Å². The maximum absolute atomic E-state index is 3.81. The minimum Gasteiger partial charge on any atom is -0.365 e. The Kier molecular flexibility index (Phi) is 4.37. The van der Waals surface area contributed by atoms with Crippen LogP contribution in [0.5, 0.6) is 0 Å². The van der Waals surface area contributed by atoms with Gasteiger partial charge in [-0.3, -0.25) is 4.90 Å². The van der Waals surface area contributed by atoms with Crippen LogP contribution in [0.1, 0.15) is 38.2 Å². The predicted octanol–water partition coefficient (Wildman–Crippen LogP) is 4.21. The van der Waals surface area contributed by atoms with E-state index >= 15 is 0 Å². The number of piperazine rings is 1. The molecule has 0 aromatic heterocycles. The summed E-state index contributed by atoms with van der Waals surface area (Å²) in [5.74, 6) is 0. The largest absolute Gasteiger partial charge is 0.365 e. The van der Waals surface area contributed by atoms with E-state index in [0.29, 0.717) is 6.04 Å². The van der Waals surface area contributed by atoms with Crippen molar-refractivity contribution in [2.24, 2.45) is 0 Å². The minimum absolute atomic E-state index is 0.655. The molecular formula is C17H25BrN2. The Hall–Kier alpha value is -0.540. The molecule has 0 radical (unpaired) electrons. The van der Waals surface area contributed by atoms with E-state index in [0.717, 1.165) is 6.04 Å². The zero-order chi connectivity index (χ0) is 14.1. The summed E-state index contributed by atoms with van der Waals surface area (Å²) >= 11 is 3.81. The average Bonchev–Trinajstić information content (AvgIpc) is 2.48. The third kappa shape index (κ3) is 2.62. The van der Waals surface area contributed by atoms with E-state index in [1.165, 1.54) is 61.0 Å². The first-order valence-corrected chi connectivity index (χ1v) is 8.75. The van der Waals surface area contributed by atoms with Crippen molar-refractivity contribution in [3.05, 3.63) is 28.2 Å². The number of halogens is 1. The minimum atomic E-state index is 0.655. The second-order valence-electron chi connectivity index (χ2n) is 6.27. The third-order valence-electron chi connectivity index (χ3n) is 4.99. The summed E-state index contributed by atoms with van der Waals surface area (Å²) in [7, 11) is 0. The van der Waals surface area contributed by atoms with Crippen LogP contribution in [0, 0.1) is 6.92 Å². The molecule has 2 saturated heterocycles. The van der Waals surface area contributed by atoms with Gasteiger partial charge in [0.1, 0.15) is 0 Å². The summed E-state index contributed by atoms with van der Waals surface area (Å²) in [5.41, 5.74) is 2.73. The van der Waals surface area contributed by atoms with Crippen LogP contribution in [-0.2, 0) is 0 Å². The van der Waals surface area contributed by atoms with E-state index in [2.05, 4.69) is 57.8 Å². The molecule has 0 amide bonds. The molecule has 2 aliphatic rings.